The molecule has 7 heteroatoms. The smallest absolute Gasteiger partial charge is 0.308 e. The van der Waals surface area contributed by atoms with E-state index in [2.05, 4.69) is 5.10 Å². The molecule has 2 heterocycles. The molecule has 20 heavy (non-hydrogen) atoms. The Morgan fingerprint density at radius 3 is 2.80 bits per heavy atom. The van der Waals surface area contributed by atoms with E-state index in [-0.39, 0.29) is 18.9 Å². The van der Waals surface area contributed by atoms with Gasteiger partial charge in [0.15, 0.2) is 0 Å². The first-order chi connectivity index (χ1) is 9.43. The summed E-state index contributed by atoms with van der Waals surface area (Å²) in [5.41, 5.74) is 1.55. The highest BCUT2D eigenvalue weighted by molar-refractivity contribution is 6.31. The lowest BCUT2D eigenvalue weighted by Crippen LogP contribution is -2.42. The van der Waals surface area contributed by atoms with Gasteiger partial charge in [-0.3, -0.25) is 14.3 Å². The summed E-state index contributed by atoms with van der Waals surface area (Å²) in [6.45, 7) is 2.51. The minimum Gasteiger partial charge on any atom is -0.481 e. The van der Waals surface area contributed by atoms with Crippen molar-refractivity contribution >= 4 is 23.5 Å². The first-order valence-electron chi connectivity index (χ1n) is 6.64. The molecular formula is C13H18ClN3O3. The average Bonchev–Trinajstić information content (AvgIpc) is 2.68. The Morgan fingerprint density at radius 1 is 1.55 bits per heavy atom. The third kappa shape index (κ3) is 2.80. The van der Waals surface area contributed by atoms with Crippen molar-refractivity contribution in [2.45, 2.75) is 32.7 Å². The number of aliphatic carboxylic acids is 1. The summed E-state index contributed by atoms with van der Waals surface area (Å²) in [5, 5.41) is 14.0. The molecule has 1 amide bonds. The molecule has 0 aliphatic carbocycles. The minimum absolute atomic E-state index is 0.0298. The van der Waals surface area contributed by atoms with Crippen molar-refractivity contribution in [3.63, 3.8) is 0 Å². The number of nitrogens with zero attached hydrogens (tertiary/aromatic N) is 3. The number of carbonyl (C=O) groups is 2. The Balaban J connectivity index is 2.18. The molecule has 1 unspecified atom stereocenters. The molecule has 1 aromatic rings. The number of hydrogen-bond acceptors (Lipinski definition) is 3. The van der Waals surface area contributed by atoms with Crippen LogP contribution in [0.3, 0.4) is 0 Å². The van der Waals surface area contributed by atoms with E-state index in [1.54, 1.807) is 16.6 Å². The lowest BCUT2D eigenvalue weighted by atomic mass is 9.97. The largest absolute Gasteiger partial charge is 0.481 e. The zero-order valence-electron chi connectivity index (χ0n) is 11.6. The van der Waals surface area contributed by atoms with Gasteiger partial charge < -0.3 is 10.0 Å². The van der Waals surface area contributed by atoms with Crippen LogP contribution in [-0.2, 0) is 29.6 Å². The number of carboxylic acids is 1. The van der Waals surface area contributed by atoms with Crippen molar-refractivity contribution in [1.82, 2.24) is 14.7 Å². The third-order valence-corrected chi connectivity index (χ3v) is 4.13. The maximum absolute atomic E-state index is 11.9. The molecule has 6 nitrogen and oxygen atoms in total. The van der Waals surface area contributed by atoms with Crippen LogP contribution in [0.5, 0.6) is 0 Å². The highest BCUT2D eigenvalue weighted by Gasteiger charge is 2.31. The normalized spacial score (nSPS) is 19.4. The predicted octanol–water partition coefficient (Wildman–Crippen LogP) is 1.46. The number of aryl methyl sites for hydroxylation is 2. The van der Waals surface area contributed by atoms with E-state index in [1.807, 2.05) is 6.92 Å². The molecule has 0 radical (unpaired) electrons. The van der Waals surface area contributed by atoms with Gasteiger partial charge in [-0.25, -0.2) is 0 Å². The van der Waals surface area contributed by atoms with Crippen LogP contribution >= 0.6 is 11.6 Å². The Hall–Kier alpha value is -1.56. The van der Waals surface area contributed by atoms with E-state index in [1.165, 1.54) is 0 Å². The summed E-state index contributed by atoms with van der Waals surface area (Å²) in [4.78, 5) is 24.5. The predicted molar refractivity (Wildman–Crippen MR) is 73.4 cm³/mol. The van der Waals surface area contributed by atoms with Crippen LogP contribution in [0.15, 0.2) is 0 Å². The van der Waals surface area contributed by atoms with Crippen molar-refractivity contribution in [2.75, 3.05) is 6.54 Å². The highest BCUT2D eigenvalue weighted by Crippen LogP contribution is 2.25. The van der Waals surface area contributed by atoms with Crippen molar-refractivity contribution < 1.29 is 14.7 Å². The van der Waals surface area contributed by atoms with E-state index in [9.17, 15) is 9.59 Å². The van der Waals surface area contributed by atoms with Crippen LogP contribution in [0.2, 0.25) is 5.02 Å². The van der Waals surface area contributed by atoms with E-state index >= 15 is 0 Å². The molecule has 1 atom stereocenters. The van der Waals surface area contributed by atoms with Gasteiger partial charge in [0.05, 0.1) is 28.9 Å². The quantitative estimate of drug-likeness (QED) is 0.913. The zero-order chi connectivity index (χ0) is 14.9. The number of carboxylic acid groups (broad SMARTS) is 1. The minimum atomic E-state index is -0.854. The summed E-state index contributed by atoms with van der Waals surface area (Å²) < 4.78 is 1.67. The molecule has 0 spiro atoms. The number of hydrogen-bond donors (Lipinski definition) is 1. The van der Waals surface area contributed by atoms with Gasteiger partial charge in [0.1, 0.15) is 0 Å². The lowest BCUT2D eigenvalue weighted by molar-refractivity contribution is -0.147. The molecule has 1 N–H and O–H groups in total. The number of rotatable bonds is 4. The number of aromatic nitrogens is 2. The van der Waals surface area contributed by atoms with Gasteiger partial charge >= 0.3 is 5.97 Å². The topological polar surface area (TPSA) is 75.4 Å². The van der Waals surface area contributed by atoms with Gasteiger partial charge in [0.2, 0.25) is 5.91 Å². The second kappa shape index (κ2) is 5.83. The average molecular weight is 300 g/mol. The van der Waals surface area contributed by atoms with E-state index in [0.29, 0.717) is 18.0 Å². The monoisotopic (exact) mass is 299 g/mol. The van der Waals surface area contributed by atoms with Gasteiger partial charge in [-0.2, -0.15) is 5.10 Å². The number of amides is 1. The van der Waals surface area contributed by atoms with E-state index in [4.69, 9.17) is 16.7 Å². The Kier molecular flexibility index (Phi) is 4.32. The van der Waals surface area contributed by atoms with Crippen molar-refractivity contribution in [1.29, 1.82) is 0 Å². The first kappa shape index (κ1) is 14.8. The molecule has 2 rings (SSSR count). The SMILES string of the molecule is CCc1nn(C)c(CN2CC(C(=O)O)CCC2=O)c1Cl. The Bertz CT molecular complexity index is 541. The highest BCUT2D eigenvalue weighted by atomic mass is 35.5. The maximum Gasteiger partial charge on any atom is 0.308 e. The molecule has 0 bridgehead atoms. The number of halogens is 1. The second-order valence-corrected chi connectivity index (χ2v) is 5.41. The molecule has 0 saturated carbocycles. The van der Waals surface area contributed by atoms with Gasteiger partial charge in [0.25, 0.3) is 0 Å². The lowest BCUT2D eigenvalue weighted by Gasteiger charge is -2.30. The number of likely N-dealkylation sites (tertiary alicyclic amines) is 1. The fraction of sp³-hybridized carbons (Fsp3) is 0.615. The van der Waals surface area contributed by atoms with E-state index in [0.717, 1.165) is 17.8 Å². The summed E-state index contributed by atoms with van der Waals surface area (Å²) in [5.74, 6) is -1.38. The second-order valence-electron chi connectivity index (χ2n) is 5.03. The van der Waals surface area contributed by atoms with Gasteiger partial charge in [-0.05, 0) is 12.8 Å². The van der Waals surface area contributed by atoms with Crippen LogP contribution in [0.25, 0.3) is 0 Å². The van der Waals surface area contributed by atoms with Crippen LogP contribution in [-0.4, -0.2) is 38.2 Å². The molecule has 1 aliphatic rings. The van der Waals surface area contributed by atoms with Gasteiger partial charge in [-0.15, -0.1) is 0 Å². The van der Waals surface area contributed by atoms with Crippen LogP contribution in [0, 0.1) is 5.92 Å². The number of piperidine rings is 1. The molecule has 0 aromatic carbocycles. The fourth-order valence-corrected chi connectivity index (χ4v) is 2.80. The summed E-state index contributed by atoms with van der Waals surface area (Å²) >= 11 is 6.26. The molecule has 1 saturated heterocycles. The van der Waals surface area contributed by atoms with Crippen LogP contribution in [0.4, 0.5) is 0 Å². The zero-order valence-corrected chi connectivity index (χ0v) is 12.4. The Morgan fingerprint density at radius 2 is 2.25 bits per heavy atom. The van der Waals surface area contributed by atoms with E-state index < -0.39 is 11.9 Å². The summed E-state index contributed by atoms with van der Waals surface area (Å²) in [6, 6.07) is 0. The molecular weight excluding hydrogens is 282 g/mol. The summed E-state index contributed by atoms with van der Waals surface area (Å²) in [7, 11) is 1.78. The van der Waals surface area contributed by atoms with Crippen molar-refractivity contribution in [3.05, 3.63) is 16.4 Å². The van der Waals surface area contributed by atoms with Gasteiger partial charge in [-0.1, -0.05) is 18.5 Å². The molecule has 1 aliphatic heterocycles. The Labute approximate surface area is 122 Å². The fourth-order valence-electron chi connectivity index (χ4n) is 2.44. The van der Waals surface area contributed by atoms with Crippen LogP contribution in [0.1, 0.15) is 31.2 Å². The van der Waals surface area contributed by atoms with Gasteiger partial charge in [0, 0.05) is 20.0 Å². The molecule has 1 fully saturated rings. The summed E-state index contributed by atoms with van der Waals surface area (Å²) in [6.07, 6.45) is 1.40. The number of carbonyl (C=O) groups excluding carboxylic acids is 1. The maximum atomic E-state index is 11.9. The standard InChI is InChI=1S/C13H18ClN3O3/c1-3-9-12(14)10(16(2)15-9)7-17-6-8(13(19)20)4-5-11(17)18/h8H,3-7H2,1-2H3,(H,19,20). The molecule has 110 valence electrons. The van der Waals surface area contributed by atoms with Crippen LogP contribution < -0.4 is 0 Å². The van der Waals surface area contributed by atoms with Crippen molar-refractivity contribution in [2.24, 2.45) is 13.0 Å². The molecule has 1 aromatic heterocycles. The van der Waals surface area contributed by atoms with Crippen molar-refractivity contribution in [3.8, 4) is 0 Å². The third-order valence-electron chi connectivity index (χ3n) is 3.69. The first-order valence-corrected chi connectivity index (χ1v) is 7.02.